The molecule has 0 aliphatic rings. The molecule has 0 saturated carbocycles. The topological polar surface area (TPSA) is 73.1 Å². The molecular weight excluding hydrogens is 240 g/mol. The highest BCUT2D eigenvalue weighted by Gasteiger charge is 2.24. The third-order valence-corrected chi connectivity index (χ3v) is 3.65. The van der Waals surface area contributed by atoms with E-state index in [2.05, 4.69) is 36.1 Å². The van der Waals surface area contributed by atoms with E-state index in [1.165, 1.54) is 0 Å². The molecule has 1 heterocycles. The fourth-order valence-electron chi connectivity index (χ4n) is 2.13. The SMILES string of the molecule is CCOCc1nc(N)cc(NC(CC)(CC)CC)n1. The van der Waals surface area contributed by atoms with Gasteiger partial charge in [0.25, 0.3) is 0 Å². The maximum Gasteiger partial charge on any atom is 0.158 e. The van der Waals surface area contributed by atoms with Crippen LogP contribution in [0, 0.1) is 0 Å². The molecule has 0 amide bonds. The lowest BCUT2D eigenvalue weighted by Crippen LogP contribution is -2.36. The van der Waals surface area contributed by atoms with Gasteiger partial charge in [-0.05, 0) is 26.2 Å². The van der Waals surface area contributed by atoms with E-state index in [-0.39, 0.29) is 5.54 Å². The van der Waals surface area contributed by atoms with Gasteiger partial charge >= 0.3 is 0 Å². The Bertz CT molecular complexity index is 383. The second-order valence-corrected chi connectivity index (χ2v) is 4.70. The van der Waals surface area contributed by atoms with E-state index in [4.69, 9.17) is 10.5 Å². The Labute approximate surface area is 116 Å². The fourth-order valence-corrected chi connectivity index (χ4v) is 2.13. The molecule has 0 spiro atoms. The average Bonchev–Trinajstić information content (AvgIpc) is 2.42. The first-order valence-corrected chi connectivity index (χ1v) is 7.08. The molecule has 0 aliphatic heterocycles. The van der Waals surface area contributed by atoms with Gasteiger partial charge in [0.05, 0.1) is 0 Å². The van der Waals surface area contributed by atoms with Gasteiger partial charge < -0.3 is 15.8 Å². The van der Waals surface area contributed by atoms with Crippen molar-refractivity contribution in [1.82, 2.24) is 9.97 Å². The number of hydrogen-bond acceptors (Lipinski definition) is 5. The minimum absolute atomic E-state index is 0.0731. The van der Waals surface area contributed by atoms with Crippen molar-refractivity contribution < 1.29 is 4.74 Å². The molecule has 19 heavy (non-hydrogen) atoms. The van der Waals surface area contributed by atoms with Crippen LogP contribution in [0.5, 0.6) is 0 Å². The lowest BCUT2D eigenvalue weighted by molar-refractivity contribution is 0.128. The highest BCUT2D eigenvalue weighted by Crippen LogP contribution is 2.25. The van der Waals surface area contributed by atoms with Gasteiger partial charge in [0.15, 0.2) is 5.82 Å². The van der Waals surface area contributed by atoms with Crippen LogP contribution in [0.2, 0.25) is 0 Å². The lowest BCUT2D eigenvalue weighted by atomic mass is 9.90. The zero-order chi connectivity index (χ0) is 14.3. The molecule has 0 unspecified atom stereocenters. The summed E-state index contributed by atoms with van der Waals surface area (Å²) in [5.74, 6) is 1.89. The molecule has 0 radical (unpaired) electrons. The van der Waals surface area contributed by atoms with E-state index >= 15 is 0 Å². The van der Waals surface area contributed by atoms with Crippen LogP contribution in [-0.4, -0.2) is 22.1 Å². The number of anilines is 2. The van der Waals surface area contributed by atoms with Crippen molar-refractivity contribution in [3.05, 3.63) is 11.9 Å². The summed E-state index contributed by atoms with van der Waals surface area (Å²) in [5.41, 5.74) is 5.90. The third kappa shape index (κ3) is 4.35. The van der Waals surface area contributed by atoms with Crippen molar-refractivity contribution in [2.24, 2.45) is 0 Å². The molecule has 0 fully saturated rings. The van der Waals surface area contributed by atoms with Gasteiger partial charge in [-0.2, -0.15) is 0 Å². The number of nitrogen functional groups attached to an aromatic ring is 1. The molecule has 108 valence electrons. The van der Waals surface area contributed by atoms with Crippen LogP contribution in [-0.2, 0) is 11.3 Å². The van der Waals surface area contributed by atoms with Crippen LogP contribution in [0.15, 0.2) is 6.07 Å². The first-order valence-electron chi connectivity index (χ1n) is 7.08. The molecule has 1 aromatic heterocycles. The van der Waals surface area contributed by atoms with Crippen molar-refractivity contribution in [3.63, 3.8) is 0 Å². The molecule has 0 bridgehead atoms. The first-order chi connectivity index (χ1) is 9.09. The van der Waals surface area contributed by atoms with Crippen LogP contribution in [0.25, 0.3) is 0 Å². The number of ether oxygens (including phenoxy) is 1. The number of nitrogens with zero attached hydrogens (tertiary/aromatic N) is 2. The molecule has 3 N–H and O–H groups in total. The summed E-state index contributed by atoms with van der Waals surface area (Å²) in [6.45, 7) is 9.54. The Morgan fingerprint density at radius 1 is 1.16 bits per heavy atom. The molecular formula is C14H26N4O. The molecule has 1 rings (SSSR count). The molecule has 1 aromatic rings. The second-order valence-electron chi connectivity index (χ2n) is 4.70. The van der Waals surface area contributed by atoms with Gasteiger partial charge in [-0.1, -0.05) is 20.8 Å². The van der Waals surface area contributed by atoms with Gasteiger partial charge in [0, 0.05) is 18.2 Å². The van der Waals surface area contributed by atoms with Crippen LogP contribution in [0.4, 0.5) is 11.6 Å². The van der Waals surface area contributed by atoms with Crippen molar-refractivity contribution in [2.75, 3.05) is 17.7 Å². The number of nitrogens with one attached hydrogen (secondary N) is 1. The molecule has 5 nitrogen and oxygen atoms in total. The van der Waals surface area contributed by atoms with Crippen LogP contribution >= 0.6 is 0 Å². The van der Waals surface area contributed by atoms with Crippen molar-refractivity contribution in [3.8, 4) is 0 Å². The highest BCUT2D eigenvalue weighted by molar-refractivity contribution is 5.46. The minimum atomic E-state index is 0.0731. The lowest BCUT2D eigenvalue weighted by Gasteiger charge is -2.32. The van der Waals surface area contributed by atoms with Gasteiger partial charge in [0.1, 0.15) is 18.2 Å². The van der Waals surface area contributed by atoms with E-state index in [9.17, 15) is 0 Å². The monoisotopic (exact) mass is 266 g/mol. The van der Waals surface area contributed by atoms with Gasteiger partial charge in [-0.25, -0.2) is 9.97 Å². The van der Waals surface area contributed by atoms with Crippen LogP contribution < -0.4 is 11.1 Å². The summed E-state index contributed by atoms with van der Waals surface area (Å²) in [6.07, 6.45) is 3.14. The van der Waals surface area contributed by atoms with E-state index in [1.807, 2.05) is 6.92 Å². The van der Waals surface area contributed by atoms with Crippen molar-refractivity contribution in [2.45, 2.75) is 59.1 Å². The summed E-state index contributed by atoms with van der Waals surface area (Å²) in [4.78, 5) is 8.65. The van der Waals surface area contributed by atoms with Crippen molar-refractivity contribution >= 4 is 11.6 Å². The van der Waals surface area contributed by atoms with Crippen molar-refractivity contribution in [1.29, 1.82) is 0 Å². The Hall–Kier alpha value is -1.36. The standard InChI is InChI=1S/C14H26N4O/c1-5-14(6-2,7-3)18-12-9-11(15)16-13(17-12)10-19-8-4/h9H,5-8,10H2,1-4H3,(H3,15,16,17,18). The zero-order valence-corrected chi connectivity index (χ0v) is 12.5. The summed E-state index contributed by atoms with van der Waals surface area (Å²) in [7, 11) is 0. The average molecular weight is 266 g/mol. The van der Waals surface area contributed by atoms with Gasteiger partial charge in [-0.3, -0.25) is 0 Å². The summed E-state index contributed by atoms with van der Waals surface area (Å²) < 4.78 is 5.33. The largest absolute Gasteiger partial charge is 0.384 e. The van der Waals surface area contributed by atoms with Gasteiger partial charge in [-0.15, -0.1) is 0 Å². The van der Waals surface area contributed by atoms with E-state index in [0.29, 0.717) is 24.9 Å². The fraction of sp³-hybridized carbons (Fsp3) is 0.714. The number of hydrogen-bond donors (Lipinski definition) is 2. The molecule has 0 aromatic carbocycles. The summed E-state index contributed by atoms with van der Waals surface area (Å²) in [6, 6.07) is 1.78. The normalized spacial score (nSPS) is 11.6. The zero-order valence-electron chi connectivity index (χ0n) is 12.5. The highest BCUT2D eigenvalue weighted by atomic mass is 16.5. The minimum Gasteiger partial charge on any atom is -0.384 e. The number of nitrogens with two attached hydrogens (primary N) is 1. The van der Waals surface area contributed by atoms with E-state index in [1.54, 1.807) is 6.07 Å². The maximum absolute atomic E-state index is 5.83. The Balaban J connectivity index is 2.90. The quantitative estimate of drug-likeness (QED) is 0.756. The van der Waals surface area contributed by atoms with E-state index < -0.39 is 0 Å². The van der Waals surface area contributed by atoms with E-state index in [0.717, 1.165) is 25.1 Å². The maximum atomic E-state index is 5.83. The summed E-state index contributed by atoms with van der Waals surface area (Å²) in [5, 5.41) is 3.51. The Morgan fingerprint density at radius 2 is 1.79 bits per heavy atom. The van der Waals surface area contributed by atoms with Gasteiger partial charge in [0.2, 0.25) is 0 Å². The summed E-state index contributed by atoms with van der Waals surface area (Å²) >= 11 is 0. The second kappa shape index (κ2) is 7.28. The predicted octanol–water partition coefficient (Wildman–Crippen LogP) is 2.98. The Morgan fingerprint density at radius 3 is 2.32 bits per heavy atom. The number of rotatable bonds is 8. The Kier molecular flexibility index (Phi) is 6.02. The number of aromatic nitrogens is 2. The molecule has 0 aliphatic carbocycles. The molecule has 0 atom stereocenters. The molecule has 5 heteroatoms. The van der Waals surface area contributed by atoms with Crippen LogP contribution in [0.1, 0.15) is 52.8 Å². The molecule has 0 saturated heterocycles. The first kappa shape index (κ1) is 15.7. The predicted molar refractivity (Wildman–Crippen MR) is 79.0 cm³/mol. The smallest absolute Gasteiger partial charge is 0.158 e. The van der Waals surface area contributed by atoms with Crippen LogP contribution in [0.3, 0.4) is 0 Å². The third-order valence-electron chi connectivity index (χ3n) is 3.65.